The summed E-state index contributed by atoms with van der Waals surface area (Å²) in [7, 11) is 0. The van der Waals surface area contributed by atoms with Crippen molar-refractivity contribution in [1.29, 1.82) is 0 Å². The quantitative estimate of drug-likeness (QED) is 0.284. The second-order valence-corrected chi connectivity index (χ2v) is 4.44. The summed E-state index contributed by atoms with van der Waals surface area (Å²) < 4.78 is 19.0. The van der Waals surface area contributed by atoms with E-state index in [0.717, 1.165) is 12.1 Å². The average Bonchev–Trinajstić information content (AvgIpc) is 2.48. The number of halogens is 1. The molecule has 1 heterocycles. The highest BCUT2D eigenvalue weighted by Crippen LogP contribution is 2.34. The summed E-state index contributed by atoms with van der Waals surface area (Å²) in [6, 6.07) is 4.72. The molecule has 0 atom stereocenters. The number of hydrazine groups is 1. The Morgan fingerprint density at radius 2 is 2.24 bits per heavy atom. The van der Waals surface area contributed by atoms with E-state index in [0.29, 0.717) is 5.16 Å². The van der Waals surface area contributed by atoms with Crippen LogP contribution in [0, 0.1) is 15.9 Å². The standard InChI is InChI=1S/C11H10FN5O3S/c1-21-11-14-8(16-13)5-9(15-11)20-10-6(12)3-2-4-7(10)17(18)19/h2-5H,13H2,1H3,(H,14,15,16). The van der Waals surface area contributed by atoms with Crippen LogP contribution in [-0.2, 0) is 0 Å². The number of ether oxygens (including phenoxy) is 1. The maximum absolute atomic E-state index is 13.7. The normalized spacial score (nSPS) is 10.2. The number of nitrogen functional groups attached to an aromatic ring is 1. The van der Waals surface area contributed by atoms with Gasteiger partial charge in [-0.2, -0.15) is 4.98 Å². The minimum absolute atomic E-state index is 0.0597. The van der Waals surface area contributed by atoms with E-state index < -0.39 is 22.2 Å². The molecule has 0 bridgehead atoms. The van der Waals surface area contributed by atoms with Gasteiger partial charge in [0, 0.05) is 12.1 Å². The van der Waals surface area contributed by atoms with Crippen LogP contribution in [-0.4, -0.2) is 21.1 Å². The van der Waals surface area contributed by atoms with Gasteiger partial charge in [0.15, 0.2) is 11.0 Å². The topological polar surface area (TPSA) is 116 Å². The Morgan fingerprint density at radius 3 is 2.86 bits per heavy atom. The number of aromatic nitrogens is 2. The van der Waals surface area contributed by atoms with Crippen molar-refractivity contribution in [2.45, 2.75) is 5.16 Å². The van der Waals surface area contributed by atoms with Crippen molar-refractivity contribution in [3.63, 3.8) is 0 Å². The Balaban J connectivity index is 2.45. The molecule has 110 valence electrons. The number of thioether (sulfide) groups is 1. The third-order valence-electron chi connectivity index (χ3n) is 2.36. The van der Waals surface area contributed by atoms with Crippen LogP contribution in [0.15, 0.2) is 29.4 Å². The number of hydrogen-bond acceptors (Lipinski definition) is 8. The van der Waals surface area contributed by atoms with Gasteiger partial charge in [-0.1, -0.05) is 17.8 Å². The highest BCUT2D eigenvalue weighted by atomic mass is 32.2. The zero-order valence-corrected chi connectivity index (χ0v) is 11.6. The second kappa shape index (κ2) is 6.33. The SMILES string of the molecule is CSc1nc(NN)cc(Oc2c(F)cccc2[N+](=O)[O-])n1. The molecule has 0 aliphatic heterocycles. The maximum atomic E-state index is 13.7. The van der Waals surface area contributed by atoms with E-state index in [1.165, 1.54) is 23.9 Å². The van der Waals surface area contributed by atoms with Gasteiger partial charge < -0.3 is 10.2 Å². The highest BCUT2D eigenvalue weighted by molar-refractivity contribution is 7.98. The molecule has 2 aromatic rings. The van der Waals surface area contributed by atoms with E-state index in [9.17, 15) is 14.5 Å². The van der Waals surface area contributed by atoms with Crippen molar-refractivity contribution in [3.05, 3.63) is 40.2 Å². The lowest BCUT2D eigenvalue weighted by atomic mass is 10.3. The van der Waals surface area contributed by atoms with Crippen molar-refractivity contribution in [3.8, 4) is 11.6 Å². The first-order valence-corrected chi connectivity index (χ1v) is 6.78. The van der Waals surface area contributed by atoms with Crippen molar-refractivity contribution in [1.82, 2.24) is 9.97 Å². The largest absolute Gasteiger partial charge is 0.428 e. The predicted octanol–water partition coefficient (Wildman–Crippen LogP) is 2.32. The Hall–Kier alpha value is -2.46. The van der Waals surface area contributed by atoms with Crippen molar-refractivity contribution >= 4 is 23.3 Å². The number of nitrogens with two attached hydrogens (primary N) is 1. The lowest BCUT2D eigenvalue weighted by Crippen LogP contribution is -2.09. The molecule has 3 N–H and O–H groups in total. The van der Waals surface area contributed by atoms with E-state index in [1.54, 1.807) is 6.26 Å². The van der Waals surface area contributed by atoms with Crippen LogP contribution in [0.2, 0.25) is 0 Å². The number of nitro groups is 1. The molecule has 0 saturated carbocycles. The van der Waals surface area contributed by atoms with E-state index in [2.05, 4.69) is 15.4 Å². The number of nitrogens with zero attached hydrogens (tertiary/aromatic N) is 3. The molecule has 0 amide bonds. The smallest absolute Gasteiger partial charge is 0.314 e. The van der Waals surface area contributed by atoms with Crippen LogP contribution in [0.4, 0.5) is 15.9 Å². The van der Waals surface area contributed by atoms with Crippen LogP contribution in [0.5, 0.6) is 11.6 Å². The Kier molecular flexibility index (Phi) is 4.50. The zero-order chi connectivity index (χ0) is 15.4. The number of nitrogens with one attached hydrogen (secondary N) is 1. The lowest BCUT2D eigenvalue weighted by molar-refractivity contribution is -0.385. The minimum atomic E-state index is -0.865. The van der Waals surface area contributed by atoms with Crippen molar-refractivity contribution < 1.29 is 14.1 Å². The fourth-order valence-electron chi connectivity index (χ4n) is 1.47. The average molecular weight is 311 g/mol. The number of benzene rings is 1. The van der Waals surface area contributed by atoms with E-state index in [4.69, 9.17) is 10.6 Å². The molecule has 8 nitrogen and oxygen atoms in total. The zero-order valence-electron chi connectivity index (χ0n) is 10.7. The summed E-state index contributed by atoms with van der Waals surface area (Å²) in [6.07, 6.45) is 1.73. The first-order valence-electron chi connectivity index (χ1n) is 5.55. The van der Waals surface area contributed by atoms with Gasteiger partial charge in [-0.15, -0.1) is 0 Å². The summed E-state index contributed by atoms with van der Waals surface area (Å²) >= 11 is 1.21. The summed E-state index contributed by atoms with van der Waals surface area (Å²) in [5.74, 6) is 4.05. The van der Waals surface area contributed by atoms with Gasteiger partial charge in [0.2, 0.25) is 11.6 Å². The van der Waals surface area contributed by atoms with Gasteiger partial charge >= 0.3 is 5.69 Å². The van der Waals surface area contributed by atoms with Gasteiger partial charge in [0.1, 0.15) is 5.82 Å². The van der Waals surface area contributed by atoms with Crippen LogP contribution < -0.4 is 16.0 Å². The first kappa shape index (κ1) is 14.9. The van der Waals surface area contributed by atoms with E-state index >= 15 is 0 Å². The fraction of sp³-hybridized carbons (Fsp3) is 0.0909. The number of anilines is 1. The Bertz CT molecular complexity index is 663. The molecule has 0 saturated heterocycles. The van der Waals surface area contributed by atoms with Gasteiger partial charge in [-0.05, 0) is 12.3 Å². The second-order valence-electron chi connectivity index (χ2n) is 3.67. The van der Waals surface area contributed by atoms with Crippen LogP contribution in [0.25, 0.3) is 0 Å². The highest BCUT2D eigenvalue weighted by Gasteiger charge is 2.21. The summed E-state index contributed by atoms with van der Waals surface area (Å²) in [5, 5.41) is 11.2. The third-order valence-corrected chi connectivity index (χ3v) is 2.91. The summed E-state index contributed by atoms with van der Waals surface area (Å²) in [6.45, 7) is 0. The Morgan fingerprint density at radius 1 is 1.48 bits per heavy atom. The molecular formula is C11H10FN5O3S. The number of para-hydroxylation sites is 1. The first-order chi connectivity index (χ1) is 10.0. The summed E-state index contributed by atoms with van der Waals surface area (Å²) in [4.78, 5) is 18.1. The lowest BCUT2D eigenvalue weighted by Gasteiger charge is -2.08. The predicted molar refractivity (Wildman–Crippen MR) is 74.8 cm³/mol. The van der Waals surface area contributed by atoms with Gasteiger partial charge in [0.05, 0.1) is 4.92 Å². The molecular weight excluding hydrogens is 301 g/mol. The molecule has 0 aliphatic rings. The van der Waals surface area contributed by atoms with Crippen molar-refractivity contribution in [2.24, 2.45) is 5.84 Å². The molecule has 2 rings (SSSR count). The van der Waals surface area contributed by atoms with Gasteiger partial charge in [-0.3, -0.25) is 10.1 Å². The maximum Gasteiger partial charge on any atom is 0.314 e. The number of rotatable bonds is 5. The molecule has 1 aromatic heterocycles. The Labute approximate surface area is 122 Å². The molecule has 0 spiro atoms. The molecule has 0 aliphatic carbocycles. The van der Waals surface area contributed by atoms with Gasteiger partial charge in [-0.25, -0.2) is 15.2 Å². The van der Waals surface area contributed by atoms with Crippen LogP contribution in [0.3, 0.4) is 0 Å². The monoisotopic (exact) mass is 311 g/mol. The molecule has 0 unspecified atom stereocenters. The number of nitro benzene ring substituents is 1. The molecule has 0 fully saturated rings. The molecule has 0 radical (unpaired) electrons. The molecule has 21 heavy (non-hydrogen) atoms. The summed E-state index contributed by atoms with van der Waals surface area (Å²) in [5.41, 5.74) is 1.81. The van der Waals surface area contributed by atoms with Crippen molar-refractivity contribution in [2.75, 3.05) is 11.7 Å². The number of hydrogen-bond donors (Lipinski definition) is 2. The van der Waals surface area contributed by atoms with Gasteiger partial charge in [0.25, 0.3) is 0 Å². The third kappa shape index (κ3) is 3.35. The van der Waals surface area contributed by atoms with Crippen LogP contribution in [0.1, 0.15) is 0 Å². The molecule has 10 heteroatoms. The van der Waals surface area contributed by atoms with Crippen LogP contribution >= 0.6 is 11.8 Å². The minimum Gasteiger partial charge on any atom is -0.428 e. The van der Waals surface area contributed by atoms with E-state index in [1.807, 2.05) is 0 Å². The van der Waals surface area contributed by atoms with E-state index in [-0.39, 0.29) is 11.7 Å². The fourth-order valence-corrected chi connectivity index (χ4v) is 1.84. The molecule has 1 aromatic carbocycles.